The molecule has 0 aromatic heterocycles. The van der Waals surface area contributed by atoms with Crippen LogP contribution in [0.25, 0.3) is 0 Å². The Morgan fingerprint density at radius 3 is 2.90 bits per heavy atom. The van der Waals surface area contributed by atoms with Gasteiger partial charge in [-0.15, -0.1) is 0 Å². The summed E-state index contributed by atoms with van der Waals surface area (Å²) >= 11 is 0. The zero-order valence-electron chi connectivity index (χ0n) is 5.89. The SMILES string of the molecule is C=C(NC=O)NCCCN. The van der Waals surface area contributed by atoms with Gasteiger partial charge in [-0.3, -0.25) is 4.79 Å². The molecule has 4 N–H and O–H groups in total. The highest BCUT2D eigenvalue weighted by molar-refractivity contribution is 5.49. The Kier molecular flexibility index (Phi) is 5.47. The Bertz CT molecular complexity index is 114. The van der Waals surface area contributed by atoms with Gasteiger partial charge in [0.1, 0.15) is 0 Å². The molecule has 1 amide bonds. The van der Waals surface area contributed by atoms with Gasteiger partial charge in [0.2, 0.25) is 6.41 Å². The second kappa shape index (κ2) is 6.10. The average Bonchev–Trinajstić information content (AvgIpc) is 1.89. The van der Waals surface area contributed by atoms with Crippen molar-refractivity contribution in [2.24, 2.45) is 5.73 Å². The topological polar surface area (TPSA) is 67.2 Å². The van der Waals surface area contributed by atoms with Crippen LogP contribution in [0.1, 0.15) is 6.42 Å². The summed E-state index contributed by atoms with van der Waals surface area (Å²) in [6.45, 7) is 4.91. The highest BCUT2D eigenvalue weighted by Gasteiger charge is 1.86. The van der Waals surface area contributed by atoms with Crippen LogP contribution < -0.4 is 16.4 Å². The molecule has 0 aliphatic carbocycles. The maximum absolute atomic E-state index is 9.81. The monoisotopic (exact) mass is 143 g/mol. The number of carbonyl (C=O) groups is 1. The van der Waals surface area contributed by atoms with Crippen molar-refractivity contribution in [3.63, 3.8) is 0 Å². The first-order valence-corrected chi connectivity index (χ1v) is 3.14. The highest BCUT2D eigenvalue weighted by Crippen LogP contribution is 1.75. The first kappa shape index (κ1) is 8.97. The van der Waals surface area contributed by atoms with Crippen molar-refractivity contribution in [2.75, 3.05) is 13.1 Å². The number of rotatable bonds is 6. The Labute approximate surface area is 60.5 Å². The molecular weight excluding hydrogens is 130 g/mol. The van der Waals surface area contributed by atoms with Crippen LogP contribution >= 0.6 is 0 Å². The molecule has 0 rings (SSSR count). The van der Waals surface area contributed by atoms with Gasteiger partial charge in [0.05, 0.1) is 5.82 Å². The van der Waals surface area contributed by atoms with Gasteiger partial charge in [0.15, 0.2) is 0 Å². The van der Waals surface area contributed by atoms with E-state index < -0.39 is 0 Å². The van der Waals surface area contributed by atoms with Gasteiger partial charge < -0.3 is 16.4 Å². The van der Waals surface area contributed by atoms with E-state index in [2.05, 4.69) is 17.2 Å². The minimum Gasteiger partial charge on any atom is -0.372 e. The average molecular weight is 143 g/mol. The Morgan fingerprint density at radius 2 is 2.40 bits per heavy atom. The van der Waals surface area contributed by atoms with Crippen molar-refractivity contribution in [3.05, 3.63) is 12.4 Å². The van der Waals surface area contributed by atoms with Crippen LogP contribution in [0.3, 0.4) is 0 Å². The first-order valence-electron chi connectivity index (χ1n) is 3.14. The number of hydrogen-bond donors (Lipinski definition) is 3. The fourth-order valence-corrected chi connectivity index (χ4v) is 0.463. The molecule has 0 fully saturated rings. The van der Waals surface area contributed by atoms with Crippen LogP contribution in [0.5, 0.6) is 0 Å². The van der Waals surface area contributed by atoms with Gasteiger partial charge in [-0.25, -0.2) is 0 Å². The third-order valence-electron chi connectivity index (χ3n) is 0.952. The molecular formula is C6H13N3O. The van der Waals surface area contributed by atoms with E-state index in [1.165, 1.54) is 0 Å². The van der Waals surface area contributed by atoms with Crippen LogP contribution in [0.2, 0.25) is 0 Å². The Balaban J connectivity index is 3.13. The van der Waals surface area contributed by atoms with E-state index in [0.717, 1.165) is 13.0 Å². The fourth-order valence-electron chi connectivity index (χ4n) is 0.463. The summed E-state index contributed by atoms with van der Waals surface area (Å²) in [6, 6.07) is 0. The molecule has 0 aliphatic heterocycles. The van der Waals surface area contributed by atoms with Crippen LogP contribution in [0.4, 0.5) is 0 Å². The zero-order valence-corrected chi connectivity index (χ0v) is 5.89. The van der Waals surface area contributed by atoms with E-state index in [4.69, 9.17) is 5.73 Å². The molecule has 0 unspecified atom stereocenters. The first-order chi connectivity index (χ1) is 4.81. The van der Waals surface area contributed by atoms with Crippen LogP contribution in [0, 0.1) is 0 Å². The third-order valence-corrected chi connectivity index (χ3v) is 0.952. The second-order valence-corrected chi connectivity index (χ2v) is 1.81. The van der Waals surface area contributed by atoms with E-state index in [0.29, 0.717) is 18.8 Å². The molecule has 0 spiro atoms. The molecule has 0 bridgehead atoms. The van der Waals surface area contributed by atoms with Crippen molar-refractivity contribution in [1.82, 2.24) is 10.6 Å². The summed E-state index contributed by atoms with van der Waals surface area (Å²) in [5.41, 5.74) is 5.23. The van der Waals surface area contributed by atoms with Crippen molar-refractivity contribution in [1.29, 1.82) is 0 Å². The standard InChI is InChI=1S/C6H13N3O/c1-6(9-5-10)8-4-2-3-7/h5,8H,1-4,7H2,(H,9,10). The summed E-state index contributed by atoms with van der Waals surface area (Å²) in [5.74, 6) is 0.517. The van der Waals surface area contributed by atoms with E-state index in [1.807, 2.05) is 0 Å². The van der Waals surface area contributed by atoms with E-state index in [9.17, 15) is 4.79 Å². The molecule has 0 aromatic carbocycles. The lowest BCUT2D eigenvalue weighted by molar-refractivity contribution is -0.109. The maximum Gasteiger partial charge on any atom is 0.212 e. The van der Waals surface area contributed by atoms with Gasteiger partial charge in [0, 0.05) is 6.54 Å². The van der Waals surface area contributed by atoms with E-state index in [-0.39, 0.29) is 0 Å². The van der Waals surface area contributed by atoms with Gasteiger partial charge in [-0.2, -0.15) is 0 Å². The van der Waals surface area contributed by atoms with Gasteiger partial charge in [0.25, 0.3) is 0 Å². The normalized spacial score (nSPS) is 8.50. The minimum absolute atomic E-state index is 0.517. The van der Waals surface area contributed by atoms with Gasteiger partial charge in [-0.05, 0) is 13.0 Å². The molecule has 0 aliphatic rings. The lowest BCUT2D eigenvalue weighted by atomic mass is 10.4. The third kappa shape index (κ3) is 5.11. The smallest absolute Gasteiger partial charge is 0.212 e. The largest absolute Gasteiger partial charge is 0.372 e. The van der Waals surface area contributed by atoms with Crippen LogP contribution in [-0.4, -0.2) is 19.5 Å². The number of amides is 1. The zero-order chi connectivity index (χ0) is 7.82. The fraction of sp³-hybridized carbons (Fsp3) is 0.500. The predicted molar refractivity (Wildman–Crippen MR) is 40.0 cm³/mol. The second-order valence-electron chi connectivity index (χ2n) is 1.81. The number of nitrogens with two attached hydrogens (primary N) is 1. The molecule has 0 radical (unpaired) electrons. The van der Waals surface area contributed by atoms with E-state index >= 15 is 0 Å². The quantitative estimate of drug-likeness (QED) is 0.335. The molecule has 0 saturated heterocycles. The molecule has 4 nitrogen and oxygen atoms in total. The summed E-state index contributed by atoms with van der Waals surface area (Å²) in [7, 11) is 0. The lowest BCUT2D eigenvalue weighted by Gasteiger charge is -2.05. The summed E-state index contributed by atoms with van der Waals surface area (Å²) in [5, 5.41) is 5.25. The maximum atomic E-state index is 9.81. The highest BCUT2D eigenvalue weighted by atomic mass is 16.1. The summed E-state index contributed by atoms with van der Waals surface area (Å²) in [4.78, 5) is 9.81. The van der Waals surface area contributed by atoms with Crippen molar-refractivity contribution in [3.8, 4) is 0 Å². The molecule has 0 atom stereocenters. The number of carbonyl (C=O) groups excluding carboxylic acids is 1. The predicted octanol–water partition coefficient (Wildman–Crippen LogP) is -0.858. The van der Waals surface area contributed by atoms with Crippen molar-refractivity contribution >= 4 is 6.41 Å². The molecule has 0 heterocycles. The molecule has 0 aromatic rings. The Morgan fingerprint density at radius 1 is 1.70 bits per heavy atom. The molecule has 4 heteroatoms. The molecule has 10 heavy (non-hydrogen) atoms. The lowest BCUT2D eigenvalue weighted by Crippen LogP contribution is -2.26. The van der Waals surface area contributed by atoms with Gasteiger partial charge in [-0.1, -0.05) is 6.58 Å². The van der Waals surface area contributed by atoms with Crippen molar-refractivity contribution in [2.45, 2.75) is 6.42 Å². The number of nitrogens with one attached hydrogen (secondary N) is 2. The van der Waals surface area contributed by atoms with E-state index in [1.54, 1.807) is 0 Å². The molecule has 58 valence electrons. The summed E-state index contributed by atoms with van der Waals surface area (Å²) < 4.78 is 0. The Hall–Kier alpha value is -1.03. The molecule has 0 saturated carbocycles. The van der Waals surface area contributed by atoms with Gasteiger partial charge >= 0.3 is 0 Å². The minimum atomic E-state index is 0.517. The van der Waals surface area contributed by atoms with Crippen molar-refractivity contribution < 1.29 is 4.79 Å². The summed E-state index contributed by atoms with van der Waals surface area (Å²) in [6.07, 6.45) is 1.46. The number of hydrogen-bond acceptors (Lipinski definition) is 3. The van der Waals surface area contributed by atoms with Crippen LogP contribution in [0.15, 0.2) is 12.4 Å². The van der Waals surface area contributed by atoms with Crippen LogP contribution in [-0.2, 0) is 4.79 Å².